The molecule has 1 aromatic carbocycles. The number of aromatic amines is 1. The van der Waals surface area contributed by atoms with Crippen LogP contribution >= 0.6 is 0 Å². The van der Waals surface area contributed by atoms with E-state index in [-0.39, 0.29) is 5.56 Å². The van der Waals surface area contributed by atoms with E-state index in [1.165, 1.54) is 6.92 Å². The van der Waals surface area contributed by atoms with Crippen LogP contribution in [0.3, 0.4) is 0 Å². The standard InChI is InChI=1S/C17H20N2O4/c1-5-8-22-15-7-6-13(23-12(4)20)9-14(15)16-18-11(3)10(2)17(21)19-16/h6-7,9H,5,8H2,1-4H3,(H,18,19,21). The Labute approximate surface area is 134 Å². The molecule has 0 saturated carbocycles. The third kappa shape index (κ3) is 3.97. The second-order valence-electron chi connectivity index (χ2n) is 5.23. The average Bonchev–Trinajstić information content (AvgIpc) is 2.50. The summed E-state index contributed by atoms with van der Waals surface area (Å²) >= 11 is 0. The lowest BCUT2D eigenvalue weighted by Crippen LogP contribution is -2.14. The monoisotopic (exact) mass is 316 g/mol. The molecule has 0 aliphatic carbocycles. The number of nitrogens with zero attached hydrogens (tertiary/aromatic N) is 1. The smallest absolute Gasteiger partial charge is 0.308 e. The van der Waals surface area contributed by atoms with E-state index in [9.17, 15) is 9.59 Å². The molecule has 122 valence electrons. The number of hydrogen-bond acceptors (Lipinski definition) is 5. The molecule has 0 saturated heterocycles. The van der Waals surface area contributed by atoms with E-state index in [2.05, 4.69) is 9.97 Å². The second-order valence-corrected chi connectivity index (χ2v) is 5.23. The number of H-pyrrole nitrogens is 1. The van der Waals surface area contributed by atoms with Gasteiger partial charge in [0, 0.05) is 18.2 Å². The van der Waals surface area contributed by atoms with Crippen molar-refractivity contribution in [2.24, 2.45) is 0 Å². The molecule has 0 amide bonds. The van der Waals surface area contributed by atoms with Crippen LogP contribution in [0.25, 0.3) is 11.4 Å². The lowest BCUT2D eigenvalue weighted by molar-refractivity contribution is -0.131. The van der Waals surface area contributed by atoms with Crippen LogP contribution in [-0.4, -0.2) is 22.5 Å². The van der Waals surface area contributed by atoms with Crippen LogP contribution < -0.4 is 15.0 Å². The normalized spacial score (nSPS) is 10.4. The Kier molecular flexibility index (Phi) is 5.16. The second kappa shape index (κ2) is 7.09. The maximum atomic E-state index is 12.0. The Hall–Kier alpha value is -2.63. The first-order valence-electron chi connectivity index (χ1n) is 7.45. The van der Waals surface area contributed by atoms with E-state index < -0.39 is 5.97 Å². The van der Waals surface area contributed by atoms with Crippen molar-refractivity contribution in [1.29, 1.82) is 0 Å². The predicted octanol–water partition coefficient (Wildman–Crippen LogP) is 2.77. The van der Waals surface area contributed by atoms with Gasteiger partial charge in [0.05, 0.1) is 12.2 Å². The number of esters is 1. The summed E-state index contributed by atoms with van der Waals surface area (Å²) in [6.07, 6.45) is 0.849. The van der Waals surface area contributed by atoms with Gasteiger partial charge in [0.25, 0.3) is 5.56 Å². The topological polar surface area (TPSA) is 81.3 Å². The van der Waals surface area contributed by atoms with Crippen molar-refractivity contribution in [3.8, 4) is 22.9 Å². The Bertz CT molecular complexity index is 781. The first-order chi connectivity index (χ1) is 10.9. The van der Waals surface area contributed by atoms with Gasteiger partial charge in [0.15, 0.2) is 0 Å². The maximum absolute atomic E-state index is 12.0. The first-order valence-corrected chi connectivity index (χ1v) is 7.45. The maximum Gasteiger partial charge on any atom is 0.308 e. The highest BCUT2D eigenvalue weighted by atomic mass is 16.5. The Morgan fingerprint density at radius 1 is 1.30 bits per heavy atom. The van der Waals surface area contributed by atoms with E-state index >= 15 is 0 Å². The minimum Gasteiger partial charge on any atom is -0.493 e. The summed E-state index contributed by atoms with van der Waals surface area (Å²) in [6.45, 7) is 7.36. The predicted molar refractivity (Wildman–Crippen MR) is 86.9 cm³/mol. The summed E-state index contributed by atoms with van der Waals surface area (Å²) in [4.78, 5) is 30.3. The molecule has 6 nitrogen and oxygen atoms in total. The van der Waals surface area contributed by atoms with Crippen molar-refractivity contribution >= 4 is 5.97 Å². The molecule has 0 unspecified atom stereocenters. The summed E-state index contributed by atoms with van der Waals surface area (Å²) in [7, 11) is 0. The SMILES string of the molecule is CCCOc1ccc(OC(C)=O)cc1-c1nc(C)c(C)c(=O)[nH]1. The van der Waals surface area contributed by atoms with E-state index in [0.29, 0.717) is 40.8 Å². The van der Waals surface area contributed by atoms with Crippen molar-refractivity contribution in [2.75, 3.05) is 6.61 Å². The van der Waals surface area contributed by atoms with Crippen LogP contribution in [0.1, 0.15) is 31.5 Å². The highest BCUT2D eigenvalue weighted by Gasteiger charge is 2.13. The number of ether oxygens (including phenoxy) is 2. The zero-order valence-corrected chi connectivity index (χ0v) is 13.7. The number of aryl methyl sites for hydroxylation is 1. The van der Waals surface area contributed by atoms with Gasteiger partial charge in [-0.05, 0) is 38.5 Å². The molecule has 0 aliphatic rings. The molecule has 0 radical (unpaired) electrons. The highest BCUT2D eigenvalue weighted by molar-refractivity contribution is 5.72. The molecule has 23 heavy (non-hydrogen) atoms. The van der Waals surface area contributed by atoms with Crippen LogP contribution in [0.4, 0.5) is 0 Å². The number of hydrogen-bond donors (Lipinski definition) is 1. The molecule has 1 aromatic heterocycles. The van der Waals surface area contributed by atoms with Crippen molar-refractivity contribution in [1.82, 2.24) is 9.97 Å². The fourth-order valence-electron chi connectivity index (χ4n) is 2.03. The van der Waals surface area contributed by atoms with Crippen LogP contribution in [0.15, 0.2) is 23.0 Å². The van der Waals surface area contributed by atoms with Gasteiger partial charge in [-0.25, -0.2) is 4.98 Å². The van der Waals surface area contributed by atoms with Crippen LogP contribution in [-0.2, 0) is 4.79 Å². The molecule has 2 rings (SSSR count). The van der Waals surface area contributed by atoms with Gasteiger partial charge in [-0.1, -0.05) is 6.92 Å². The van der Waals surface area contributed by atoms with Gasteiger partial charge in [-0.3, -0.25) is 9.59 Å². The number of carbonyl (C=O) groups excluding carboxylic acids is 1. The fourth-order valence-corrected chi connectivity index (χ4v) is 2.03. The zero-order chi connectivity index (χ0) is 17.0. The average molecular weight is 316 g/mol. The number of benzene rings is 1. The van der Waals surface area contributed by atoms with E-state index in [4.69, 9.17) is 9.47 Å². The quantitative estimate of drug-likeness (QED) is 0.677. The molecular formula is C17H20N2O4. The molecule has 2 aromatic rings. The van der Waals surface area contributed by atoms with Crippen molar-refractivity contribution in [2.45, 2.75) is 34.1 Å². The van der Waals surface area contributed by atoms with Crippen molar-refractivity contribution < 1.29 is 14.3 Å². The summed E-state index contributed by atoms with van der Waals surface area (Å²) in [5, 5.41) is 0. The van der Waals surface area contributed by atoms with Crippen LogP contribution in [0.5, 0.6) is 11.5 Å². The Morgan fingerprint density at radius 3 is 2.65 bits per heavy atom. The Morgan fingerprint density at radius 2 is 2.04 bits per heavy atom. The Balaban J connectivity index is 2.56. The van der Waals surface area contributed by atoms with E-state index in [1.54, 1.807) is 32.0 Å². The van der Waals surface area contributed by atoms with Crippen LogP contribution in [0.2, 0.25) is 0 Å². The van der Waals surface area contributed by atoms with Gasteiger partial charge in [0.2, 0.25) is 0 Å². The lowest BCUT2D eigenvalue weighted by atomic mass is 10.1. The van der Waals surface area contributed by atoms with Crippen molar-refractivity contribution in [3.05, 3.63) is 39.8 Å². The molecule has 0 atom stereocenters. The molecule has 1 N–H and O–H groups in total. The molecule has 0 aliphatic heterocycles. The minimum absolute atomic E-state index is 0.202. The number of rotatable bonds is 5. The summed E-state index contributed by atoms with van der Waals surface area (Å²) in [5.41, 5.74) is 1.59. The van der Waals surface area contributed by atoms with Gasteiger partial charge in [0.1, 0.15) is 17.3 Å². The van der Waals surface area contributed by atoms with E-state index in [0.717, 1.165) is 6.42 Å². The summed E-state index contributed by atoms with van der Waals surface area (Å²) in [5.74, 6) is 0.921. The van der Waals surface area contributed by atoms with Crippen LogP contribution in [0, 0.1) is 13.8 Å². The number of nitrogens with one attached hydrogen (secondary N) is 1. The van der Waals surface area contributed by atoms with Gasteiger partial charge < -0.3 is 14.5 Å². The molecule has 0 fully saturated rings. The van der Waals surface area contributed by atoms with Crippen molar-refractivity contribution in [3.63, 3.8) is 0 Å². The molecule has 6 heteroatoms. The zero-order valence-electron chi connectivity index (χ0n) is 13.7. The summed E-state index contributed by atoms with van der Waals surface area (Å²) in [6, 6.07) is 4.99. The number of aromatic nitrogens is 2. The molecule has 1 heterocycles. The third-order valence-electron chi connectivity index (χ3n) is 3.32. The molecular weight excluding hydrogens is 296 g/mol. The number of carbonyl (C=O) groups is 1. The minimum atomic E-state index is -0.417. The first kappa shape index (κ1) is 16.7. The third-order valence-corrected chi connectivity index (χ3v) is 3.32. The fraction of sp³-hybridized carbons (Fsp3) is 0.353. The highest BCUT2D eigenvalue weighted by Crippen LogP contribution is 2.31. The summed E-state index contributed by atoms with van der Waals surface area (Å²) < 4.78 is 10.8. The van der Waals surface area contributed by atoms with E-state index in [1.807, 2.05) is 6.92 Å². The molecule has 0 bridgehead atoms. The lowest BCUT2D eigenvalue weighted by Gasteiger charge is -2.13. The largest absolute Gasteiger partial charge is 0.493 e. The van der Waals surface area contributed by atoms with Gasteiger partial charge >= 0.3 is 5.97 Å². The van der Waals surface area contributed by atoms with Gasteiger partial charge in [-0.15, -0.1) is 0 Å². The molecule has 0 spiro atoms. The van der Waals surface area contributed by atoms with Gasteiger partial charge in [-0.2, -0.15) is 0 Å².